The number of rotatable bonds is 5. The van der Waals surface area contributed by atoms with E-state index in [9.17, 15) is 13.2 Å². The van der Waals surface area contributed by atoms with E-state index in [4.69, 9.17) is 4.74 Å². The number of aromatic nitrogens is 2. The van der Waals surface area contributed by atoms with Crippen LogP contribution in [0, 0.1) is 0 Å². The normalized spacial score (nSPS) is 16.5. The molecule has 0 atom stereocenters. The molecule has 2 N–H and O–H groups in total. The van der Waals surface area contributed by atoms with Gasteiger partial charge in [-0.25, -0.2) is 18.1 Å². The number of hydrogen-bond acceptors (Lipinski definition) is 5. The molecular weight excluding hydrogens is 272 g/mol. The highest BCUT2D eigenvalue weighted by Crippen LogP contribution is 2.03. The molecule has 0 aromatic carbocycles. The Labute approximate surface area is 111 Å². The van der Waals surface area contributed by atoms with Crippen molar-refractivity contribution < 1.29 is 17.9 Å². The molecule has 2 heterocycles. The second kappa shape index (κ2) is 6.13. The highest BCUT2D eigenvalue weighted by atomic mass is 32.2. The van der Waals surface area contributed by atoms with Crippen LogP contribution in [0.15, 0.2) is 17.6 Å². The molecule has 0 aliphatic carbocycles. The summed E-state index contributed by atoms with van der Waals surface area (Å²) in [4.78, 5) is 19.6. The second-order valence-electron chi connectivity index (χ2n) is 4.06. The number of hydrogen-bond donors (Lipinski definition) is 2. The molecule has 1 aliphatic heterocycles. The van der Waals surface area contributed by atoms with Crippen LogP contribution >= 0.6 is 0 Å². The van der Waals surface area contributed by atoms with Gasteiger partial charge in [-0.05, 0) is 0 Å². The minimum atomic E-state index is -3.61. The van der Waals surface area contributed by atoms with Crippen molar-refractivity contribution in [3.8, 4) is 0 Å². The molecule has 9 heteroatoms. The van der Waals surface area contributed by atoms with E-state index in [2.05, 4.69) is 14.7 Å². The number of aromatic amines is 1. The molecule has 0 saturated carbocycles. The largest absolute Gasteiger partial charge is 0.378 e. The summed E-state index contributed by atoms with van der Waals surface area (Å²) in [6, 6.07) is 0. The van der Waals surface area contributed by atoms with E-state index in [0.29, 0.717) is 26.3 Å². The monoisotopic (exact) mass is 288 g/mol. The number of nitrogens with zero attached hydrogens (tertiary/aromatic N) is 2. The number of morpholine rings is 1. The zero-order chi connectivity index (χ0) is 13.7. The molecule has 1 fully saturated rings. The van der Waals surface area contributed by atoms with Crippen molar-refractivity contribution in [3.05, 3.63) is 12.5 Å². The van der Waals surface area contributed by atoms with Gasteiger partial charge >= 0.3 is 0 Å². The van der Waals surface area contributed by atoms with Crippen LogP contribution in [0.4, 0.5) is 0 Å². The van der Waals surface area contributed by atoms with Crippen LogP contribution in [0.1, 0.15) is 6.42 Å². The number of H-pyrrole nitrogens is 1. The number of amides is 1. The minimum Gasteiger partial charge on any atom is -0.378 e. The van der Waals surface area contributed by atoms with E-state index in [1.807, 2.05) is 0 Å². The Balaban J connectivity index is 1.78. The summed E-state index contributed by atoms with van der Waals surface area (Å²) < 4.78 is 30.9. The van der Waals surface area contributed by atoms with Crippen LogP contribution in [0.25, 0.3) is 0 Å². The van der Waals surface area contributed by atoms with Gasteiger partial charge in [0.15, 0.2) is 5.03 Å². The number of nitrogens with one attached hydrogen (secondary N) is 2. The van der Waals surface area contributed by atoms with Gasteiger partial charge in [0.1, 0.15) is 0 Å². The van der Waals surface area contributed by atoms with Crippen molar-refractivity contribution >= 4 is 15.9 Å². The summed E-state index contributed by atoms with van der Waals surface area (Å²) >= 11 is 0. The number of imidazole rings is 1. The molecule has 106 valence electrons. The maximum atomic E-state index is 11.8. The van der Waals surface area contributed by atoms with E-state index in [-0.39, 0.29) is 23.9 Å². The van der Waals surface area contributed by atoms with Crippen molar-refractivity contribution in [2.75, 3.05) is 32.8 Å². The number of carbonyl (C=O) groups excluding carboxylic acids is 1. The summed E-state index contributed by atoms with van der Waals surface area (Å²) in [7, 11) is -3.61. The SMILES string of the molecule is O=C(CCNS(=O)(=O)c1cnc[nH]1)N1CCOCC1. The molecule has 2 rings (SSSR count). The smallest absolute Gasteiger partial charge is 0.257 e. The maximum Gasteiger partial charge on any atom is 0.257 e. The lowest BCUT2D eigenvalue weighted by molar-refractivity contribution is -0.135. The third-order valence-electron chi connectivity index (χ3n) is 2.76. The zero-order valence-corrected chi connectivity index (χ0v) is 11.1. The maximum absolute atomic E-state index is 11.8. The molecule has 0 bridgehead atoms. The number of carbonyl (C=O) groups is 1. The topological polar surface area (TPSA) is 104 Å². The summed E-state index contributed by atoms with van der Waals surface area (Å²) in [5, 5.41) is -0.00804. The third-order valence-corrected chi connectivity index (χ3v) is 4.14. The molecule has 0 unspecified atom stereocenters. The second-order valence-corrected chi connectivity index (χ2v) is 5.79. The summed E-state index contributed by atoms with van der Waals surface area (Å²) in [6.07, 6.45) is 2.63. The van der Waals surface area contributed by atoms with Crippen molar-refractivity contribution in [2.45, 2.75) is 11.4 Å². The molecule has 1 amide bonds. The molecule has 0 radical (unpaired) electrons. The Kier molecular flexibility index (Phi) is 4.51. The van der Waals surface area contributed by atoms with E-state index in [1.165, 1.54) is 12.5 Å². The number of ether oxygens (including phenoxy) is 1. The van der Waals surface area contributed by atoms with Gasteiger partial charge in [-0.1, -0.05) is 0 Å². The van der Waals surface area contributed by atoms with Gasteiger partial charge in [0.25, 0.3) is 10.0 Å². The molecule has 8 nitrogen and oxygen atoms in total. The summed E-state index contributed by atoms with van der Waals surface area (Å²) in [6.45, 7) is 2.26. The predicted molar refractivity (Wildman–Crippen MR) is 65.8 cm³/mol. The van der Waals surface area contributed by atoms with E-state index in [1.54, 1.807) is 4.90 Å². The molecule has 0 spiro atoms. The molecule has 1 saturated heterocycles. The molecule has 19 heavy (non-hydrogen) atoms. The van der Waals surface area contributed by atoms with Gasteiger partial charge in [0, 0.05) is 26.1 Å². The van der Waals surface area contributed by atoms with Gasteiger partial charge in [-0.2, -0.15) is 0 Å². The van der Waals surface area contributed by atoms with Gasteiger partial charge in [-0.15, -0.1) is 0 Å². The van der Waals surface area contributed by atoms with Crippen LogP contribution < -0.4 is 4.72 Å². The lowest BCUT2D eigenvalue weighted by Crippen LogP contribution is -2.42. The van der Waals surface area contributed by atoms with Crippen LogP contribution in [-0.4, -0.2) is 62.0 Å². The molecule has 1 aliphatic rings. The van der Waals surface area contributed by atoms with Crippen LogP contribution in [-0.2, 0) is 19.6 Å². The Morgan fingerprint density at radius 3 is 2.84 bits per heavy atom. The van der Waals surface area contributed by atoms with Crippen molar-refractivity contribution in [3.63, 3.8) is 0 Å². The van der Waals surface area contributed by atoms with Crippen molar-refractivity contribution in [1.29, 1.82) is 0 Å². The first-order valence-electron chi connectivity index (χ1n) is 5.93. The van der Waals surface area contributed by atoms with Gasteiger partial charge in [0.2, 0.25) is 5.91 Å². The summed E-state index contributed by atoms with van der Waals surface area (Å²) in [5.74, 6) is -0.0735. The van der Waals surface area contributed by atoms with Crippen LogP contribution in [0.3, 0.4) is 0 Å². The fraction of sp³-hybridized carbons (Fsp3) is 0.600. The highest BCUT2D eigenvalue weighted by molar-refractivity contribution is 7.89. The first-order chi connectivity index (χ1) is 9.09. The fourth-order valence-electron chi connectivity index (χ4n) is 1.73. The Morgan fingerprint density at radius 2 is 2.21 bits per heavy atom. The van der Waals surface area contributed by atoms with Gasteiger partial charge in [-0.3, -0.25) is 4.79 Å². The number of sulfonamides is 1. The van der Waals surface area contributed by atoms with E-state index in [0.717, 1.165) is 0 Å². The van der Waals surface area contributed by atoms with Crippen molar-refractivity contribution in [2.24, 2.45) is 0 Å². The standard InChI is InChI=1S/C10H16N4O4S/c15-10(14-3-5-18-6-4-14)1-2-13-19(16,17)9-7-11-8-12-9/h7-8,13H,1-6H2,(H,11,12). The average Bonchev–Trinajstić information content (AvgIpc) is 2.94. The van der Waals surface area contributed by atoms with E-state index >= 15 is 0 Å². The lowest BCUT2D eigenvalue weighted by Gasteiger charge is -2.26. The van der Waals surface area contributed by atoms with Crippen molar-refractivity contribution in [1.82, 2.24) is 19.6 Å². The van der Waals surface area contributed by atoms with E-state index < -0.39 is 10.0 Å². The Bertz CT molecular complexity index is 508. The summed E-state index contributed by atoms with van der Waals surface area (Å²) in [5.41, 5.74) is 0. The van der Waals surface area contributed by atoms with Gasteiger partial charge in [0.05, 0.1) is 25.7 Å². The first kappa shape index (κ1) is 14.0. The first-order valence-corrected chi connectivity index (χ1v) is 7.41. The Hall–Kier alpha value is -1.45. The Morgan fingerprint density at radius 1 is 1.47 bits per heavy atom. The van der Waals surface area contributed by atoms with Crippen LogP contribution in [0.2, 0.25) is 0 Å². The molecule has 1 aromatic rings. The minimum absolute atomic E-state index is 0.00804. The third kappa shape index (κ3) is 3.75. The van der Waals surface area contributed by atoms with Crippen LogP contribution in [0.5, 0.6) is 0 Å². The predicted octanol–water partition coefficient (Wildman–Crippen LogP) is -1.06. The average molecular weight is 288 g/mol. The lowest BCUT2D eigenvalue weighted by atomic mass is 10.3. The fourth-order valence-corrected chi connectivity index (χ4v) is 2.66. The van der Waals surface area contributed by atoms with Gasteiger partial charge < -0.3 is 14.6 Å². The molecular formula is C10H16N4O4S. The quantitative estimate of drug-likeness (QED) is 0.718. The highest BCUT2D eigenvalue weighted by Gasteiger charge is 2.19. The molecule has 1 aromatic heterocycles. The zero-order valence-electron chi connectivity index (χ0n) is 10.3.